The van der Waals surface area contributed by atoms with Gasteiger partial charge in [-0.2, -0.15) is 4.31 Å². The molecular weight excluding hydrogens is 342 g/mol. The summed E-state index contributed by atoms with van der Waals surface area (Å²) in [5.74, 6) is 0.179. The molecule has 0 radical (unpaired) electrons. The molecule has 1 fully saturated rings. The highest BCUT2D eigenvalue weighted by molar-refractivity contribution is 7.89. The van der Waals surface area contributed by atoms with Gasteiger partial charge in [-0.3, -0.25) is 4.79 Å². The number of carbonyl (C=O) groups excluding carboxylic acids is 1. The van der Waals surface area contributed by atoms with Crippen LogP contribution in [0.1, 0.15) is 46.0 Å². The van der Waals surface area contributed by atoms with Crippen molar-refractivity contribution in [1.29, 1.82) is 0 Å². The Labute approximate surface area is 150 Å². The van der Waals surface area contributed by atoms with Gasteiger partial charge in [-0.15, -0.1) is 0 Å². The van der Waals surface area contributed by atoms with Gasteiger partial charge in [0.1, 0.15) is 11.8 Å². The van der Waals surface area contributed by atoms with Crippen LogP contribution in [0.5, 0.6) is 5.75 Å². The monoisotopic (exact) mass is 369 g/mol. The van der Waals surface area contributed by atoms with E-state index in [1.54, 1.807) is 19.1 Å². The largest absolute Gasteiger partial charge is 0.494 e. The van der Waals surface area contributed by atoms with Crippen LogP contribution in [0, 0.1) is 0 Å². The molecule has 0 aliphatic carbocycles. The molecule has 1 aromatic carbocycles. The Morgan fingerprint density at radius 1 is 1.20 bits per heavy atom. The summed E-state index contributed by atoms with van der Waals surface area (Å²) in [4.78, 5) is 12.3. The molecule has 1 unspecified atom stereocenters. The van der Waals surface area contributed by atoms with Gasteiger partial charge in [0.05, 0.1) is 18.1 Å². The van der Waals surface area contributed by atoms with Gasteiger partial charge in [0, 0.05) is 6.54 Å². The highest BCUT2D eigenvalue weighted by atomic mass is 32.2. The third-order valence-electron chi connectivity index (χ3n) is 4.21. The molecule has 0 bridgehead atoms. The summed E-state index contributed by atoms with van der Waals surface area (Å²) in [5, 5.41) is 0. The van der Waals surface area contributed by atoms with Crippen molar-refractivity contribution in [3.05, 3.63) is 24.3 Å². The lowest BCUT2D eigenvalue weighted by Gasteiger charge is -2.32. The first kappa shape index (κ1) is 19.7. The summed E-state index contributed by atoms with van der Waals surface area (Å²) < 4.78 is 37.8. The molecule has 1 aliphatic rings. The number of ether oxygens (including phenoxy) is 2. The fourth-order valence-electron chi connectivity index (χ4n) is 2.84. The number of unbranched alkanes of at least 4 members (excludes halogenated alkanes) is 1. The predicted molar refractivity (Wildman–Crippen MR) is 95.0 cm³/mol. The number of nitrogens with zero attached hydrogens (tertiary/aromatic N) is 1. The molecule has 1 saturated heterocycles. The second-order valence-electron chi connectivity index (χ2n) is 6.05. The van der Waals surface area contributed by atoms with Gasteiger partial charge >= 0.3 is 5.97 Å². The van der Waals surface area contributed by atoms with Gasteiger partial charge in [-0.05, 0) is 56.9 Å². The standard InChI is InChI=1S/C18H27NO5S/c1-3-5-14-24-15-9-11-16(12-10-15)25(21,22)19-13-7-6-8-17(19)18(20)23-4-2/h9-12,17H,3-8,13-14H2,1-2H3. The smallest absolute Gasteiger partial charge is 0.324 e. The summed E-state index contributed by atoms with van der Waals surface area (Å²) >= 11 is 0. The molecule has 140 valence electrons. The van der Waals surface area contributed by atoms with E-state index in [1.165, 1.54) is 16.4 Å². The lowest BCUT2D eigenvalue weighted by atomic mass is 10.1. The molecule has 1 aliphatic heterocycles. The molecule has 0 spiro atoms. The Morgan fingerprint density at radius 2 is 1.92 bits per heavy atom. The van der Waals surface area contributed by atoms with Gasteiger partial charge in [0.25, 0.3) is 0 Å². The molecule has 0 aromatic heterocycles. The summed E-state index contributed by atoms with van der Waals surface area (Å²) in [7, 11) is -3.74. The Bertz CT molecular complexity index is 657. The van der Waals surface area contributed by atoms with Crippen LogP contribution >= 0.6 is 0 Å². The van der Waals surface area contributed by atoms with E-state index in [4.69, 9.17) is 9.47 Å². The van der Waals surface area contributed by atoms with E-state index in [2.05, 4.69) is 6.92 Å². The molecule has 25 heavy (non-hydrogen) atoms. The molecule has 0 saturated carbocycles. The molecule has 2 rings (SSSR count). The lowest BCUT2D eigenvalue weighted by Crippen LogP contribution is -2.48. The van der Waals surface area contributed by atoms with Crippen molar-refractivity contribution in [2.75, 3.05) is 19.8 Å². The molecule has 0 amide bonds. The minimum Gasteiger partial charge on any atom is -0.494 e. The van der Waals surface area contributed by atoms with Crippen LogP contribution in [0.25, 0.3) is 0 Å². The highest BCUT2D eigenvalue weighted by Crippen LogP contribution is 2.27. The number of benzene rings is 1. The zero-order valence-electron chi connectivity index (χ0n) is 14.9. The molecular formula is C18H27NO5S. The van der Waals surface area contributed by atoms with E-state index in [-0.39, 0.29) is 11.5 Å². The number of hydrogen-bond acceptors (Lipinski definition) is 5. The summed E-state index contributed by atoms with van der Waals surface area (Å²) in [5.41, 5.74) is 0. The summed E-state index contributed by atoms with van der Waals surface area (Å²) in [6.45, 7) is 4.99. The van der Waals surface area contributed by atoms with Crippen molar-refractivity contribution in [2.24, 2.45) is 0 Å². The van der Waals surface area contributed by atoms with E-state index in [9.17, 15) is 13.2 Å². The number of piperidine rings is 1. The predicted octanol–water partition coefficient (Wildman–Crippen LogP) is 2.97. The number of rotatable bonds is 8. The van der Waals surface area contributed by atoms with Crippen molar-refractivity contribution in [1.82, 2.24) is 4.31 Å². The maximum absolute atomic E-state index is 13.0. The Balaban J connectivity index is 2.16. The molecule has 6 nitrogen and oxygen atoms in total. The normalized spacial score (nSPS) is 18.7. The first-order chi connectivity index (χ1) is 12.0. The fourth-order valence-corrected chi connectivity index (χ4v) is 4.49. The van der Waals surface area contributed by atoms with Crippen LogP contribution in [0.15, 0.2) is 29.2 Å². The zero-order valence-corrected chi connectivity index (χ0v) is 15.8. The maximum atomic E-state index is 13.0. The molecule has 7 heteroatoms. The van der Waals surface area contributed by atoms with Crippen LogP contribution in [-0.2, 0) is 19.6 Å². The van der Waals surface area contributed by atoms with Crippen molar-refractivity contribution in [2.45, 2.75) is 56.9 Å². The van der Waals surface area contributed by atoms with Crippen LogP contribution in [0.2, 0.25) is 0 Å². The fraction of sp³-hybridized carbons (Fsp3) is 0.611. The number of hydrogen-bond donors (Lipinski definition) is 0. The van der Waals surface area contributed by atoms with Crippen LogP contribution in [0.4, 0.5) is 0 Å². The first-order valence-electron chi connectivity index (χ1n) is 8.92. The SMILES string of the molecule is CCCCOc1ccc(S(=O)(=O)N2CCCCC2C(=O)OCC)cc1. The Morgan fingerprint density at radius 3 is 2.56 bits per heavy atom. The zero-order chi connectivity index (χ0) is 18.3. The van der Waals surface area contributed by atoms with Gasteiger partial charge in [-0.1, -0.05) is 13.3 Å². The highest BCUT2D eigenvalue weighted by Gasteiger charge is 2.38. The van der Waals surface area contributed by atoms with E-state index < -0.39 is 22.0 Å². The number of sulfonamides is 1. The Kier molecular flexibility index (Phi) is 7.25. The van der Waals surface area contributed by atoms with E-state index in [0.717, 1.165) is 25.7 Å². The molecule has 0 N–H and O–H groups in total. The second kappa shape index (κ2) is 9.20. The van der Waals surface area contributed by atoms with E-state index >= 15 is 0 Å². The average molecular weight is 369 g/mol. The third kappa shape index (κ3) is 4.95. The van der Waals surface area contributed by atoms with Crippen LogP contribution < -0.4 is 4.74 Å². The van der Waals surface area contributed by atoms with E-state index in [0.29, 0.717) is 25.3 Å². The lowest BCUT2D eigenvalue weighted by molar-refractivity contribution is -0.148. The molecule has 1 aromatic rings. The number of esters is 1. The Hall–Kier alpha value is -1.60. The summed E-state index contributed by atoms with van der Waals surface area (Å²) in [6, 6.07) is 5.65. The first-order valence-corrected chi connectivity index (χ1v) is 10.4. The maximum Gasteiger partial charge on any atom is 0.324 e. The van der Waals surface area contributed by atoms with Crippen LogP contribution in [0.3, 0.4) is 0 Å². The second-order valence-corrected chi connectivity index (χ2v) is 7.94. The topological polar surface area (TPSA) is 72.9 Å². The van der Waals surface area contributed by atoms with Gasteiger partial charge in [-0.25, -0.2) is 8.42 Å². The molecule has 1 atom stereocenters. The van der Waals surface area contributed by atoms with Crippen molar-refractivity contribution in [3.8, 4) is 5.75 Å². The van der Waals surface area contributed by atoms with Crippen molar-refractivity contribution < 1.29 is 22.7 Å². The third-order valence-corrected chi connectivity index (χ3v) is 6.13. The van der Waals surface area contributed by atoms with Crippen molar-refractivity contribution >= 4 is 16.0 Å². The van der Waals surface area contributed by atoms with Gasteiger partial charge < -0.3 is 9.47 Å². The average Bonchev–Trinajstić information content (AvgIpc) is 2.62. The van der Waals surface area contributed by atoms with Gasteiger partial charge in [0.15, 0.2) is 0 Å². The van der Waals surface area contributed by atoms with E-state index in [1.807, 2.05) is 0 Å². The van der Waals surface area contributed by atoms with Gasteiger partial charge in [0.2, 0.25) is 10.0 Å². The van der Waals surface area contributed by atoms with Crippen molar-refractivity contribution in [3.63, 3.8) is 0 Å². The molecule has 1 heterocycles. The minimum atomic E-state index is -3.74. The minimum absolute atomic E-state index is 0.173. The summed E-state index contributed by atoms with van der Waals surface area (Å²) in [6.07, 6.45) is 4.05. The quantitative estimate of drug-likeness (QED) is 0.520. The number of carbonyl (C=O) groups is 1. The van der Waals surface area contributed by atoms with Crippen LogP contribution in [-0.4, -0.2) is 44.5 Å².